The molecule has 29 heavy (non-hydrogen) atoms. The summed E-state index contributed by atoms with van der Waals surface area (Å²) < 4.78 is 27.6. The van der Waals surface area contributed by atoms with Gasteiger partial charge in [-0.15, -0.1) is 0 Å². The van der Waals surface area contributed by atoms with E-state index in [0.29, 0.717) is 24.4 Å². The first kappa shape index (κ1) is 22.1. The standard InChI is InChI=1S/C21H24Cl2N2O3S/c1-14-6-8-18(11-15(14)2)24(3)21(26)16-5-4-10-25(13-16)29(27,28)20-12-17(22)7-9-19(20)23/h6-9,11-12,16H,4-5,10,13H2,1-3H3. The van der Waals surface area contributed by atoms with Crippen molar-refractivity contribution in [3.8, 4) is 0 Å². The Morgan fingerprint density at radius 2 is 1.83 bits per heavy atom. The molecule has 1 heterocycles. The van der Waals surface area contributed by atoms with Gasteiger partial charge in [0.15, 0.2) is 0 Å². The van der Waals surface area contributed by atoms with Gasteiger partial charge in [0.25, 0.3) is 0 Å². The van der Waals surface area contributed by atoms with Gasteiger partial charge in [-0.1, -0.05) is 29.3 Å². The van der Waals surface area contributed by atoms with Crippen molar-refractivity contribution in [2.45, 2.75) is 31.6 Å². The van der Waals surface area contributed by atoms with E-state index >= 15 is 0 Å². The maximum atomic E-state index is 13.1. The third-order valence-electron chi connectivity index (χ3n) is 5.45. The topological polar surface area (TPSA) is 57.7 Å². The van der Waals surface area contributed by atoms with E-state index in [-0.39, 0.29) is 22.4 Å². The number of carbonyl (C=O) groups excluding carboxylic acids is 1. The van der Waals surface area contributed by atoms with E-state index in [1.165, 1.54) is 16.4 Å². The van der Waals surface area contributed by atoms with Crippen molar-refractivity contribution in [1.29, 1.82) is 0 Å². The van der Waals surface area contributed by atoms with Gasteiger partial charge in [0, 0.05) is 30.8 Å². The summed E-state index contributed by atoms with van der Waals surface area (Å²) in [6.45, 7) is 4.49. The van der Waals surface area contributed by atoms with E-state index in [2.05, 4.69) is 0 Å². The first-order valence-corrected chi connectivity index (χ1v) is 11.6. The van der Waals surface area contributed by atoms with Crippen LogP contribution in [0.2, 0.25) is 10.0 Å². The van der Waals surface area contributed by atoms with E-state index < -0.39 is 15.9 Å². The molecule has 0 saturated carbocycles. The normalized spacial score (nSPS) is 17.9. The van der Waals surface area contributed by atoms with Crippen LogP contribution in [0, 0.1) is 19.8 Å². The third kappa shape index (κ3) is 4.61. The number of halogens is 2. The van der Waals surface area contributed by atoms with Crippen LogP contribution in [0.15, 0.2) is 41.3 Å². The second-order valence-corrected chi connectivity index (χ2v) is 10.2. The predicted octanol–water partition coefficient (Wildman–Crippen LogP) is 4.67. The minimum absolute atomic E-state index is 0.0257. The molecule has 1 fully saturated rings. The third-order valence-corrected chi connectivity index (χ3v) is 8.03. The van der Waals surface area contributed by atoms with Crippen LogP contribution in [0.25, 0.3) is 0 Å². The fourth-order valence-corrected chi connectivity index (χ4v) is 5.77. The number of hydrogen-bond donors (Lipinski definition) is 0. The first-order valence-electron chi connectivity index (χ1n) is 9.41. The van der Waals surface area contributed by atoms with Gasteiger partial charge in [0.1, 0.15) is 4.90 Å². The van der Waals surface area contributed by atoms with Crippen molar-refractivity contribution in [3.63, 3.8) is 0 Å². The summed E-state index contributed by atoms with van der Waals surface area (Å²) in [4.78, 5) is 14.7. The first-order chi connectivity index (χ1) is 13.6. The summed E-state index contributed by atoms with van der Waals surface area (Å²) >= 11 is 12.1. The van der Waals surface area contributed by atoms with Gasteiger partial charge in [-0.2, -0.15) is 4.31 Å². The molecule has 1 aliphatic rings. The lowest BCUT2D eigenvalue weighted by atomic mass is 9.98. The Kier molecular flexibility index (Phi) is 6.58. The molecule has 0 spiro atoms. The average molecular weight is 455 g/mol. The number of carbonyl (C=O) groups is 1. The maximum absolute atomic E-state index is 13.1. The van der Waals surface area contributed by atoms with Crippen molar-refractivity contribution in [2.24, 2.45) is 5.92 Å². The highest BCUT2D eigenvalue weighted by molar-refractivity contribution is 7.89. The second-order valence-electron chi connectivity index (χ2n) is 7.44. The molecule has 1 aliphatic heterocycles. The quantitative estimate of drug-likeness (QED) is 0.673. The number of sulfonamides is 1. The monoisotopic (exact) mass is 454 g/mol. The Balaban J connectivity index is 1.81. The minimum atomic E-state index is -3.84. The molecule has 1 atom stereocenters. The van der Waals surface area contributed by atoms with E-state index in [1.807, 2.05) is 32.0 Å². The molecule has 5 nitrogen and oxygen atoms in total. The van der Waals surface area contributed by atoms with Gasteiger partial charge in [-0.3, -0.25) is 4.79 Å². The summed E-state index contributed by atoms with van der Waals surface area (Å²) in [6.07, 6.45) is 1.25. The molecule has 156 valence electrons. The van der Waals surface area contributed by atoms with Crippen LogP contribution >= 0.6 is 23.2 Å². The van der Waals surface area contributed by atoms with E-state index in [9.17, 15) is 13.2 Å². The van der Waals surface area contributed by atoms with Crippen LogP contribution in [0.5, 0.6) is 0 Å². The highest BCUT2D eigenvalue weighted by Crippen LogP contribution is 2.31. The Bertz CT molecular complexity index is 1040. The molecule has 2 aromatic carbocycles. The summed E-state index contributed by atoms with van der Waals surface area (Å²) in [5.74, 6) is -0.506. The van der Waals surface area contributed by atoms with Crippen LogP contribution in [-0.4, -0.2) is 38.8 Å². The number of rotatable bonds is 4. The van der Waals surface area contributed by atoms with Crippen LogP contribution in [0.3, 0.4) is 0 Å². The molecule has 1 saturated heterocycles. The van der Waals surface area contributed by atoms with E-state index in [0.717, 1.165) is 16.8 Å². The Morgan fingerprint density at radius 1 is 1.10 bits per heavy atom. The zero-order valence-corrected chi connectivity index (χ0v) is 19.0. The van der Waals surface area contributed by atoms with Gasteiger partial charge >= 0.3 is 0 Å². The molecule has 0 N–H and O–H groups in total. The second kappa shape index (κ2) is 8.64. The van der Waals surface area contributed by atoms with Crippen molar-refractivity contribution in [3.05, 3.63) is 57.6 Å². The van der Waals surface area contributed by atoms with Crippen molar-refractivity contribution >= 4 is 44.8 Å². The van der Waals surface area contributed by atoms with Gasteiger partial charge in [-0.05, 0) is 68.1 Å². The summed E-state index contributed by atoms with van der Waals surface area (Å²) in [5.41, 5.74) is 3.06. The number of piperidine rings is 1. The molecule has 1 unspecified atom stereocenters. The average Bonchev–Trinajstić information content (AvgIpc) is 2.70. The zero-order valence-electron chi connectivity index (χ0n) is 16.7. The highest BCUT2D eigenvalue weighted by atomic mass is 35.5. The Labute approximate surface area is 182 Å². The van der Waals surface area contributed by atoms with Gasteiger partial charge in [0.05, 0.1) is 10.9 Å². The van der Waals surface area contributed by atoms with Crippen LogP contribution < -0.4 is 4.90 Å². The highest BCUT2D eigenvalue weighted by Gasteiger charge is 2.35. The van der Waals surface area contributed by atoms with Crippen molar-refractivity contribution in [2.75, 3.05) is 25.0 Å². The molecular weight excluding hydrogens is 431 g/mol. The summed E-state index contributed by atoms with van der Waals surface area (Å²) in [6, 6.07) is 10.2. The lowest BCUT2D eigenvalue weighted by Gasteiger charge is -2.33. The summed E-state index contributed by atoms with van der Waals surface area (Å²) in [5, 5.41) is 0.419. The van der Waals surface area contributed by atoms with Crippen LogP contribution in [0.4, 0.5) is 5.69 Å². The van der Waals surface area contributed by atoms with Crippen molar-refractivity contribution < 1.29 is 13.2 Å². The fraction of sp³-hybridized carbons (Fsp3) is 0.381. The molecule has 3 rings (SSSR count). The lowest BCUT2D eigenvalue weighted by molar-refractivity contribution is -0.123. The van der Waals surface area contributed by atoms with Gasteiger partial charge in [-0.25, -0.2) is 8.42 Å². The van der Waals surface area contributed by atoms with Gasteiger partial charge in [0.2, 0.25) is 15.9 Å². The van der Waals surface area contributed by atoms with E-state index in [4.69, 9.17) is 23.2 Å². The number of benzene rings is 2. The molecular formula is C21H24Cl2N2O3S. The maximum Gasteiger partial charge on any atom is 0.244 e. The number of aryl methyl sites for hydroxylation is 2. The molecule has 0 radical (unpaired) electrons. The number of amides is 1. The molecule has 2 aromatic rings. The predicted molar refractivity (Wildman–Crippen MR) is 117 cm³/mol. The number of nitrogens with zero attached hydrogens (tertiary/aromatic N) is 2. The van der Waals surface area contributed by atoms with Gasteiger partial charge < -0.3 is 4.90 Å². The Morgan fingerprint density at radius 3 is 2.52 bits per heavy atom. The molecule has 0 bridgehead atoms. The summed E-state index contributed by atoms with van der Waals surface area (Å²) in [7, 11) is -2.11. The largest absolute Gasteiger partial charge is 0.315 e. The minimum Gasteiger partial charge on any atom is -0.315 e. The fourth-order valence-electron chi connectivity index (χ4n) is 3.51. The van der Waals surface area contributed by atoms with Crippen LogP contribution in [-0.2, 0) is 14.8 Å². The zero-order chi connectivity index (χ0) is 21.3. The lowest BCUT2D eigenvalue weighted by Crippen LogP contribution is -2.46. The smallest absolute Gasteiger partial charge is 0.244 e. The number of hydrogen-bond acceptors (Lipinski definition) is 3. The molecule has 0 aliphatic carbocycles. The molecule has 0 aromatic heterocycles. The van der Waals surface area contributed by atoms with Crippen LogP contribution in [0.1, 0.15) is 24.0 Å². The SMILES string of the molecule is Cc1ccc(N(C)C(=O)C2CCCN(S(=O)(=O)c3cc(Cl)ccc3Cl)C2)cc1C. The Hall–Kier alpha value is -1.60. The van der Waals surface area contributed by atoms with E-state index in [1.54, 1.807) is 18.0 Å². The molecule has 8 heteroatoms. The van der Waals surface area contributed by atoms with Crippen molar-refractivity contribution in [1.82, 2.24) is 4.31 Å². The number of anilines is 1. The molecule has 1 amide bonds.